The van der Waals surface area contributed by atoms with Crippen LogP contribution in [0.15, 0.2) is 18.2 Å². The fourth-order valence-corrected chi connectivity index (χ4v) is 2.98. The first-order chi connectivity index (χ1) is 8.58. The smallest absolute Gasteiger partial charge is 0.142 e. The molecule has 0 aromatic heterocycles. The van der Waals surface area contributed by atoms with Crippen LogP contribution >= 0.6 is 11.6 Å². The predicted octanol–water partition coefficient (Wildman–Crippen LogP) is 4.71. The zero-order chi connectivity index (χ0) is 13.1. The summed E-state index contributed by atoms with van der Waals surface area (Å²) >= 11 is 5.70. The number of nitrogens with one attached hydrogen (secondary N) is 1. The van der Waals surface area contributed by atoms with Gasteiger partial charge < -0.3 is 5.32 Å². The van der Waals surface area contributed by atoms with Gasteiger partial charge in [-0.25, -0.2) is 4.39 Å². The summed E-state index contributed by atoms with van der Waals surface area (Å²) in [6.45, 7) is 4.31. The summed E-state index contributed by atoms with van der Waals surface area (Å²) in [6.07, 6.45) is 5.33. The summed E-state index contributed by atoms with van der Waals surface area (Å²) in [5.74, 6) is 0.431. The van der Waals surface area contributed by atoms with Crippen molar-refractivity contribution in [1.29, 1.82) is 0 Å². The monoisotopic (exact) mass is 269 g/mol. The molecule has 0 bridgehead atoms. The number of rotatable bonds is 4. The van der Waals surface area contributed by atoms with Gasteiger partial charge >= 0.3 is 0 Å². The first-order valence-corrected chi connectivity index (χ1v) is 7.16. The van der Waals surface area contributed by atoms with E-state index < -0.39 is 0 Å². The van der Waals surface area contributed by atoms with Gasteiger partial charge in [0.05, 0.1) is 5.02 Å². The highest BCUT2D eigenvalue weighted by Gasteiger charge is 2.22. The minimum Gasteiger partial charge on any atom is -0.307 e. The Bertz CT molecular complexity index is 401. The molecule has 1 aliphatic carbocycles. The van der Waals surface area contributed by atoms with Crippen molar-refractivity contribution in [2.45, 2.75) is 51.6 Å². The van der Waals surface area contributed by atoms with Crippen LogP contribution in [-0.2, 0) is 0 Å². The lowest BCUT2D eigenvalue weighted by Gasteiger charge is -2.25. The van der Waals surface area contributed by atoms with E-state index in [2.05, 4.69) is 19.2 Å². The standard InChI is InChI=1S/C15H21ClFN/c1-10(12-5-3-4-6-12)18-11(2)13-7-8-14(16)15(17)9-13/h7-12,18H,3-6H2,1-2H3. The Hall–Kier alpha value is -0.600. The quantitative estimate of drug-likeness (QED) is 0.835. The van der Waals surface area contributed by atoms with Crippen LogP contribution in [0.5, 0.6) is 0 Å². The van der Waals surface area contributed by atoms with Gasteiger partial charge in [0.15, 0.2) is 0 Å². The van der Waals surface area contributed by atoms with Crippen LogP contribution in [0.1, 0.15) is 51.1 Å². The third-order valence-electron chi connectivity index (χ3n) is 4.06. The minimum atomic E-state index is -0.337. The average Bonchev–Trinajstić information content (AvgIpc) is 2.86. The summed E-state index contributed by atoms with van der Waals surface area (Å²) in [5.41, 5.74) is 0.960. The number of hydrogen-bond donors (Lipinski definition) is 1. The van der Waals surface area contributed by atoms with Crippen LogP contribution in [0, 0.1) is 11.7 Å². The van der Waals surface area contributed by atoms with Gasteiger partial charge in [-0.2, -0.15) is 0 Å². The fourth-order valence-electron chi connectivity index (χ4n) is 2.87. The van der Waals surface area contributed by atoms with E-state index in [1.54, 1.807) is 6.07 Å². The molecule has 1 aromatic rings. The molecule has 2 rings (SSSR count). The summed E-state index contributed by atoms with van der Waals surface area (Å²) in [5, 5.41) is 3.76. The lowest BCUT2D eigenvalue weighted by molar-refractivity contribution is 0.352. The number of benzene rings is 1. The molecular formula is C15H21ClFN. The van der Waals surface area contributed by atoms with Gasteiger partial charge in [0.1, 0.15) is 5.82 Å². The first-order valence-electron chi connectivity index (χ1n) is 6.79. The van der Waals surface area contributed by atoms with Crippen molar-refractivity contribution in [3.05, 3.63) is 34.6 Å². The van der Waals surface area contributed by atoms with E-state index in [4.69, 9.17) is 11.6 Å². The molecule has 0 aliphatic heterocycles. The highest BCUT2D eigenvalue weighted by molar-refractivity contribution is 6.30. The van der Waals surface area contributed by atoms with Gasteiger partial charge in [0.2, 0.25) is 0 Å². The van der Waals surface area contributed by atoms with Crippen molar-refractivity contribution in [3.63, 3.8) is 0 Å². The largest absolute Gasteiger partial charge is 0.307 e. The van der Waals surface area contributed by atoms with E-state index >= 15 is 0 Å². The second-order valence-electron chi connectivity index (χ2n) is 5.40. The van der Waals surface area contributed by atoms with Crippen molar-refractivity contribution in [3.8, 4) is 0 Å². The molecule has 0 saturated heterocycles. The van der Waals surface area contributed by atoms with Gasteiger partial charge in [0.25, 0.3) is 0 Å². The molecule has 2 atom stereocenters. The normalized spacial score (nSPS) is 20.0. The number of hydrogen-bond acceptors (Lipinski definition) is 1. The van der Waals surface area contributed by atoms with Gasteiger partial charge in [0, 0.05) is 12.1 Å². The Morgan fingerprint density at radius 1 is 1.28 bits per heavy atom. The molecule has 1 nitrogen and oxygen atoms in total. The Kier molecular flexibility index (Phi) is 4.63. The molecule has 0 amide bonds. The van der Waals surface area contributed by atoms with Crippen molar-refractivity contribution in [2.24, 2.45) is 5.92 Å². The summed E-state index contributed by atoms with van der Waals surface area (Å²) < 4.78 is 13.4. The third-order valence-corrected chi connectivity index (χ3v) is 4.37. The molecule has 3 heteroatoms. The van der Waals surface area contributed by atoms with E-state index in [0.29, 0.717) is 6.04 Å². The first kappa shape index (κ1) is 13.8. The molecule has 0 heterocycles. The summed E-state index contributed by atoms with van der Waals surface area (Å²) in [4.78, 5) is 0. The molecule has 1 aliphatic rings. The molecule has 0 spiro atoms. The zero-order valence-corrected chi connectivity index (χ0v) is 11.8. The predicted molar refractivity (Wildman–Crippen MR) is 74.4 cm³/mol. The van der Waals surface area contributed by atoms with E-state index in [9.17, 15) is 4.39 Å². The highest BCUT2D eigenvalue weighted by atomic mass is 35.5. The zero-order valence-electron chi connectivity index (χ0n) is 11.0. The SMILES string of the molecule is CC(NC(C)C1CCCC1)c1ccc(Cl)c(F)c1. The second-order valence-corrected chi connectivity index (χ2v) is 5.80. The Labute approximate surface area is 114 Å². The maximum Gasteiger partial charge on any atom is 0.142 e. The molecule has 1 fully saturated rings. The molecule has 1 saturated carbocycles. The average molecular weight is 270 g/mol. The van der Waals surface area contributed by atoms with Gasteiger partial charge in [-0.15, -0.1) is 0 Å². The molecule has 18 heavy (non-hydrogen) atoms. The maximum atomic E-state index is 13.4. The Balaban J connectivity index is 1.97. The minimum absolute atomic E-state index is 0.160. The maximum absolute atomic E-state index is 13.4. The highest BCUT2D eigenvalue weighted by Crippen LogP contribution is 2.29. The van der Waals surface area contributed by atoms with Gasteiger partial charge in [-0.3, -0.25) is 0 Å². The summed E-state index contributed by atoms with van der Waals surface area (Å²) in [6, 6.07) is 5.70. The number of halogens is 2. The van der Waals surface area contributed by atoms with Gasteiger partial charge in [-0.1, -0.05) is 30.5 Å². The Morgan fingerprint density at radius 3 is 2.56 bits per heavy atom. The van der Waals surface area contributed by atoms with E-state index in [-0.39, 0.29) is 16.9 Å². The summed E-state index contributed by atoms with van der Waals surface area (Å²) in [7, 11) is 0. The van der Waals surface area contributed by atoms with Crippen LogP contribution in [0.4, 0.5) is 4.39 Å². The van der Waals surface area contributed by atoms with Crippen molar-refractivity contribution < 1.29 is 4.39 Å². The van der Waals surface area contributed by atoms with E-state index in [0.717, 1.165) is 11.5 Å². The van der Waals surface area contributed by atoms with Crippen LogP contribution in [0.3, 0.4) is 0 Å². The fraction of sp³-hybridized carbons (Fsp3) is 0.600. The lowest BCUT2D eigenvalue weighted by atomic mass is 9.98. The van der Waals surface area contributed by atoms with Gasteiger partial charge in [-0.05, 0) is 50.3 Å². The Morgan fingerprint density at radius 2 is 1.94 bits per heavy atom. The molecule has 2 unspecified atom stereocenters. The molecular weight excluding hydrogens is 249 g/mol. The molecule has 1 aromatic carbocycles. The van der Waals surface area contributed by atoms with Crippen LogP contribution in [-0.4, -0.2) is 6.04 Å². The molecule has 100 valence electrons. The van der Waals surface area contributed by atoms with Crippen molar-refractivity contribution >= 4 is 11.6 Å². The van der Waals surface area contributed by atoms with Crippen LogP contribution in [0.2, 0.25) is 5.02 Å². The second kappa shape index (κ2) is 6.03. The van der Waals surface area contributed by atoms with Crippen molar-refractivity contribution in [2.75, 3.05) is 0 Å². The molecule has 0 radical (unpaired) electrons. The van der Waals surface area contributed by atoms with E-state index in [1.165, 1.54) is 31.7 Å². The van der Waals surface area contributed by atoms with E-state index in [1.807, 2.05) is 6.07 Å². The van der Waals surface area contributed by atoms with Crippen molar-refractivity contribution in [1.82, 2.24) is 5.32 Å². The topological polar surface area (TPSA) is 12.0 Å². The van der Waals surface area contributed by atoms with Crippen LogP contribution in [0.25, 0.3) is 0 Å². The third kappa shape index (κ3) is 3.24. The van der Waals surface area contributed by atoms with Crippen LogP contribution < -0.4 is 5.32 Å². The molecule has 1 N–H and O–H groups in total. The lowest BCUT2D eigenvalue weighted by Crippen LogP contribution is -2.34.